The second-order valence-corrected chi connectivity index (χ2v) is 12.3. The van der Waals surface area contributed by atoms with Crippen molar-refractivity contribution in [3.8, 4) is 17.2 Å². The normalized spacial score (nSPS) is 12.9. The molecule has 0 aliphatic carbocycles. The predicted molar refractivity (Wildman–Crippen MR) is 187 cm³/mol. The van der Waals surface area contributed by atoms with Gasteiger partial charge in [0.1, 0.15) is 6.04 Å². The zero-order valence-electron chi connectivity index (χ0n) is 27.8. The van der Waals surface area contributed by atoms with Gasteiger partial charge in [-0.3, -0.25) is 14.4 Å². The molecule has 0 fully saturated rings. The molecule has 47 heavy (non-hydrogen) atoms. The topological polar surface area (TPSA) is 111 Å². The standard InChI is InChI=1S/C40H44N4O3/c1-6-42-40(47)37(26(2)3)44-39(46)28(5)43-25-35(20-29-13-9-7-10-14-29)32-21-33(36-19-27(4)17-18-31(36)24-41)23-34(22-32)38(45)30-15-11-8-12-16-30/h7-19,21-23,26,28,35,37,43H,6,20,25H2,1-5H3,(H,42,47)(H,44,46)/t28?,35-,37?/m0/s1. The van der Waals surface area contributed by atoms with Gasteiger partial charge in [-0.2, -0.15) is 5.26 Å². The number of nitriles is 1. The second kappa shape index (κ2) is 16.5. The molecule has 242 valence electrons. The third-order valence-electron chi connectivity index (χ3n) is 8.32. The summed E-state index contributed by atoms with van der Waals surface area (Å²) in [6.45, 7) is 10.3. The van der Waals surface area contributed by atoms with E-state index in [1.807, 2.05) is 94.4 Å². The van der Waals surface area contributed by atoms with Crippen molar-refractivity contribution < 1.29 is 14.4 Å². The molecule has 2 unspecified atom stereocenters. The van der Waals surface area contributed by atoms with E-state index >= 15 is 0 Å². The molecule has 0 heterocycles. The molecule has 0 aromatic heterocycles. The number of carbonyl (C=O) groups excluding carboxylic acids is 3. The maximum Gasteiger partial charge on any atom is 0.242 e. The summed E-state index contributed by atoms with van der Waals surface area (Å²) in [7, 11) is 0. The lowest BCUT2D eigenvalue weighted by Crippen LogP contribution is -2.54. The monoisotopic (exact) mass is 628 g/mol. The lowest BCUT2D eigenvalue weighted by molar-refractivity contribution is -0.130. The Labute approximate surface area is 278 Å². The quantitative estimate of drug-likeness (QED) is 0.141. The third kappa shape index (κ3) is 9.25. The predicted octanol–water partition coefficient (Wildman–Crippen LogP) is 6.35. The van der Waals surface area contributed by atoms with Crippen molar-refractivity contribution in [1.82, 2.24) is 16.0 Å². The van der Waals surface area contributed by atoms with Crippen LogP contribution in [-0.2, 0) is 16.0 Å². The van der Waals surface area contributed by atoms with Gasteiger partial charge in [0.05, 0.1) is 17.7 Å². The molecule has 0 aliphatic rings. The largest absolute Gasteiger partial charge is 0.355 e. The van der Waals surface area contributed by atoms with E-state index in [-0.39, 0.29) is 29.4 Å². The molecule has 2 amide bonds. The summed E-state index contributed by atoms with van der Waals surface area (Å²) in [4.78, 5) is 39.7. The van der Waals surface area contributed by atoms with Crippen molar-refractivity contribution in [3.05, 3.63) is 130 Å². The van der Waals surface area contributed by atoms with Crippen molar-refractivity contribution in [3.63, 3.8) is 0 Å². The molecule has 4 rings (SSSR count). The lowest BCUT2D eigenvalue weighted by Gasteiger charge is -2.25. The van der Waals surface area contributed by atoms with Gasteiger partial charge in [-0.25, -0.2) is 0 Å². The van der Waals surface area contributed by atoms with E-state index in [9.17, 15) is 19.6 Å². The van der Waals surface area contributed by atoms with Crippen molar-refractivity contribution in [2.45, 2.75) is 59.0 Å². The molecule has 0 aliphatic heterocycles. The lowest BCUT2D eigenvalue weighted by atomic mass is 9.86. The molecular formula is C40H44N4O3. The Morgan fingerprint density at radius 2 is 1.49 bits per heavy atom. The second-order valence-electron chi connectivity index (χ2n) is 12.3. The van der Waals surface area contributed by atoms with Gasteiger partial charge < -0.3 is 16.0 Å². The van der Waals surface area contributed by atoms with Gasteiger partial charge in [0.25, 0.3) is 0 Å². The Balaban J connectivity index is 1.73. The van der Waals surface area contributed by atoms with Crippen LogP contribution in [0.3, 0.4) is 0 Å². The number of likely N-dealkylation sites (N-methyl/N-ethyl adjacent to an activating group) is 1. The SMILES string of the molecule is CCNC(=O)C(NC(=O)C(C)NC[C@H](Cc1ccccc1)c1cc(C(=O)c2ccccc2)cc(-c2cc(C)ccc2C#N)c1)C(C)C. The Bertz CT molecular complexity index is 1730. The summed E-state index contributed by atoms with van der Waals surface area (Å²) in [6.07, 6.45) is 0.650. The highest BCUT2D eigenvalue weighted by atomic mass is 16.2. The van der Waals surface area contributed by atoms with Crippen LogP contribution in [0.5, 0.6) is 0 Å². The van der Waals surface area contributed by atoms with E-state index < -0.39 is 12.1 Å². The molecule has 0 bridgehead atoms. The highest BCUT2D eigenvalue weighted by Gasteiger charge is 2.27. The molecule has 0 spiro atoms. The van der Waals surface area contributed by atoms with Crippen LogP contribution < -0.4 is 16.0 Å². The molecular weight excluding hydrogens is 584 g/mol. The van der Waals surface area contributed by atoms with Crippen molar-refractivity contribution >= 4 is 17.6 Å². The molecule has 0 saturated heterocycles. The third-order valence-corrected chi connectivity index (χ3v) is 8.32. The summed E-state index contributed by atoms with van der Waals surface area (Å²) in [5, 5.41) is 19.1. The van der Waals surface area contributed by atoms with Gasteiger partial charge >= 0.3 is 0 Å². The molecule has 7 heteroatoms. The van der Waals surface area contributed by atoms with Gasteiger partial charge in [0, 0.05) is 30.1 Å². The van der Waals surface area contributed by atoms with Gasteiger partial charge in [0.2, 0.25) is 11.8 Å². The minimum atomic E-state index is -0.640. The fourth-order valence-electron chi connectivity index (χ4n) is 5.64. The van der Waals surface area contributed by atoms with E-state index in [0.29, 0.717) is 36.2 Å². The fraction of sp³-hybridized carbons (Fsp3) is 0.300. The maximum absolute atomic E-state index is 13.8. The Morgan fingerprint density at radius 3 is 2.13 bits per heavy atom. The van der Waals surface area contributed by atoms with Crippen LogP contribution in [-0.4, -0.2) is 42.8 Å². The Hall–Kier alpha value is -5.06. The number of rotatable bonds is 14. The number of aryl methyl sites for hydroxylation is 1. The number of nitrogens with one attached hydrogen (secondary N) is 3. The molecule has 3 N–H and O–H groups in total. The van der Waals surface area contributed by atoms with Crippen LogP contribution in [0, 0.1) is 24.2 Å². The summed E-state index contributed by atoms with van der Waals surface area (Å²) in [5.74, 6) is -0.781. The van der Waals surface area contributed by atoms with Crippen molar-refractivity contribution in [2.24, 2.45) is 5.92 Å². The summed E-state index contributed by atoms with van der Waals surface area (Å²) >= 11 is 0. The number of hydrogen-bond acceptors (Lipinski definition) is 5. The van der Waals surface area contributed by atoms with E-state index in [2.05, 4.69) is 40.2 Å². The first-order valence-electron chi connectivity index (χ1n) is 16.2. The smallest absolute Gasteiger partial charge is 0.242 e. The number of ketones is 1. The zero-order chi connectivity index (χ0) is 33.9. The van der Waals surface area contributed by atoms with Crippen LogP contribution >= 0.6 is 0 Å². The number of benzene rings is 4. The molecule has 0 radical (unpaired) electrons. The average molecular weight is 629 g/mol. The summed E-state index contributed by atoms with van der Waals surface area (Å²) < 4.78 is 0. The van der Waals surface area contributed by atoms with Crippen LogP contribution in [0.15, 0.2) is 97.1 Å². The highest BCUT2D eigenvalue weighted by Crippen LogP contribution is 2.32. The number of carbonyl (C=O) groups is 3. The average Bonchev–Trinajstić information content (AvgIpc) is 3.08. The zero-order valence-corrected chi connectivity index (χ0v) is 27.8. The fourth-order valence-corrected chi connectivity index (χ4v) is 5.64. The maximum atomic E-state index is 13.8. The van der Waals surface area contributed by atoms with E-state index in [1.165, 1.54) is 0 Å². The van der Waals surface area contributed by atoms with E-state index in [0.717, 1.165) is 27.8 Å². The summed E-state index contributed by atoms with van der Waals surface area (Å²) in [5.41, 5.74) is 6.22. The van der Waals surface area contributed by atoms with Gasteiger partial charge in [-0.05, 0) is 73.6 Å². The number of amides is 2. The Kier molecular flexibility index (Phi) is 12.2. The van der Waals surface area contributed by atoms with Crippen molar-refractivity contribution in [1.29, 1.82) is 5.26 Å². The number of hydrogen-bond donors (Lipinski definition) is 3. The van der Waals surface area contributed by atoms with Gasteiger partial charge in [-0.1, -0.05) is 98.3 Å². The molecule has 3 atom stereocenters. The minimum Gasteiger partial charge on any atom is -0.355 e. The van der Waals surface area contributed by atoms with Crippen LogP contribution in [0.4, 0.5) is 0 Å². The molecule has 4 aromatic rings. The summed E-state index contributed by atoms with van der Waals surface area (Å²) in [6, 6.07) is 31.9. The first kappa shape index (κ1) is 34.8. The molecule has 4 aromatic carbocycles. The molecule has 0 saturated carbocycles. The van der Waals surface area contributed by atoms with Crippen LogP contribution in [0.25, 0.3) is 11.1 Å². The Morgan fingerprint density at radius 1 is 0.809 bits per heavy atom. The van der Waals surface area contributed by atoms with E-state index in [1.54, 1.807) is 19.1 Å². The minimum absolute atomic E-state index is 0.0771. The highest BCUT2D eigenvalue weighted by molar-refractivity contribution is 6.09. The molecule has 7 nitrogen and oxygen atoms in total. The van der Waals surface area contributed by atoms with Crippen LogP contribution in [0.1, 0.15) is 71.8 Å². The first-order valence-corrected chi connectivity index (χ1v) is 16.2. The first-order chi connectivity index (χ1) is 22.6. The number of nitrogens with zero attached hydrogens (tertiary/aromatic N) is 1. The van der Waals surface area contributed by atoms with E-state index in [4.69, 9.17) is 0 Å². The van der Waals surface area contributed by atoms with Gasteiger partial charge in [-0.15, -0.1) is 0 Å². The van der Waals surface area contributed by atoms with Gasteiger partial charge in [0.15, 0.2) is 5.78 Å². The van der Waals surface area contributed by atoms with Crippen molar-refractivity contribution in [2.75, 3.05) is 13.1 Å². The van der Waals surface area contributed by atoms with Crippen LogP contribution in [0.2, 0.25) is 0 Å².